The maximum absolute atomic E-state index is 9.84. The van der Waals surface area contributed by atoms with E-state index in [2.05, 4.69) is 216 Å². The van der Waals surface area contributed by atoms with Crippen molar-refractivity contribution < 1.29 is 29.3 Å². The molecule has 0 bridgehead atoms. The van der Waals surface area contributed by atoms with Gasteiger partial charge in [-0.2, -0.15) is 12.1 Å². The first-order chi connectivity index (χ1) is 29.0. The Kier molecular flexibility index (Phi) is 17.5. The van der Waals surface area contributed by atoms with Crippen LogP contribution in [0.3, 0.4) is 0 Å². The Balaban J connectivity index is 0.000000202. The summed E-state index contributed by atoms with van der Waals surface area (Å²) in [4.78, 5) is 0. The molecule has 0 heterocycles. The van der Waals surface area contributed by atoms with Crippen molar-refractivity contribution in [2.45, 2.75) is 151 Å². The van der Waals surface area contributed by atoms with Crippen LogP contribution in [0.1, 0.15) is 150 Å². The van der Waals surface area contributed by atoms with Crippen LogP contribution in [0, 0.1) is 0 Å². The topological polar surface area (TPSA) is 20.2 Å². The molecule has 0 spiro atoms. The molecule has 0 aliphatic heterocycles. The molecule has 326 valence electrons. The number of hydrogen-bond donors (Lipinski definition) is 1. The molecule has 0 unspecified atom stereocenters. The molecule has 0 aromatic heterocycles. The Morgan fingerprint density at radius 2 is 0.839 bits per heavy atom. The fraction of sp³-hybridized carbons (Fsp3) is 0.383. The van der Waals surface area contributed by atoms with Crippen LogP contribution in [0.5, 0.6) is 5.75 Å². The van der Waals surface area contributed by atoms with Crippen LogP contribution in [0.15, 0.2) is 127 Å². The minimum absolute atomic E-state index is 0.00859. The van der Waals surface area contributed by atoms with Gasteiger partial charge in [-0.25, -0.2) is 0 Å². The molecular formula is C60H76OZr. The molecule has 7 rings (SSSR count). The van der Waals surface area contributed by atoms with Gasteiger partial charge in [0.05, 0.1) is 0 Å². The van der Waals surface area contributed by atoms with Crippen molar-refractivity contribution in [3.05, 3.63) is 161 Å². The summed E-state index contributed by atoms with van der Waals surface area (Å²) in [6.45, 7) is 33.0. The maximum atomic E-state index is 9.84. The van der Waals surface area contributed by atoms with Crippen molar-refractivity contribution in [1.29, 1.82) is 0 Å². The zero-order chi connectivity index (χ0) is 46.0. The van der Waals surface area contributed by atoms with Gasteiger partial charge in [0.2, 0.25) is 0 Å². The van der Waals surface area contributed by atoms with E-state index >= 15 is 0 Å². The van der Waals surface area contributed by atoms with Crippen LogP contribution in [0.25, 0.3) is 43.8 Å². The molecule has 7 aromatic carbocycles. The molecule has 2 heteroatoms. The summed E-state index contributed by atoms with van der Waals surface area (Å²) in [5.74, 6) is 0.399. The van der Waals surface area contributed by atoms with Gasteiger partial charge < -0.3 is 5.11 Å². The number of rotatable bonds is 6. The fourth-order valence-corrected chi connectivity index (χ4v) is 7.87. The van der Waals surface area contributed by atoms with Gasteiger partial charge in [0.1, 0.15) is 5.75 Å². The Morgan fingerprint density at radius 3 is 1.16 bits per heavy atom. The molecule has 0 amide bonds. The Morgan fingerprint density at radius 1 is 0.484 bits per heavy atom. The average molecular weight is 904 g/mol. The van der Waals surface area contributed by atoms with Crippen LogP contribution < -0.4 is 0 Å². The van der Waals surface area contributed by atoms with Gasteiger partial charge in [0, 0.05) is 0 Å². The predicted octanol–water partition coefficient (Wildman–Crippen LogP) is 17.3. The number of benzene rings is 5. The zero-order valence-electron chi connectivity index (χ0n) is 41.0. The molecule has 0 aliphatic carbocycles. The molecule has 0 saturated carbocycles. The van der Waals surface area contributed by atoms with E-state index in [1.165, 1.54) is 109 Å². The summed E-state index contributed by atoms with van der Waals surface area (Å²) in [6, 6.07) is 46.7. The molecule has 0 fully saturated rings. The summed E-state index contributed by atoms with van der Waals surface area (Å²) in [5.41, 5.74) is 13.8. The number of aromatic hydroxyl groups is 1. The van der Waals surface area contributed by atoms with E-state index in [4.69, 9.17) is 0 Å². The van der Waals surface area contributed by atoms with Crippen molar-refractivity contribution in [2.75, 3.05) is 0 Å². The Bertz CT molecular complexity index is 2340. The van der Waals surface area contributed by atoms with Gasteiger partial charge >= 0.3 is 34.9 Å². The van der Waals surface area contributed by atoms with Crippen LogP contribution >= 0.6 is 0 Å². The average Bonchev–Trinajstić information content (AvgIpc) is 3.81. The molecular weight excluding hydrogens is 828 g/mol. The first kappa shape index (κ1) is 50.5. The fourth-order valence-electron chi connectivity index (χ4n) is 7.87. The first-order valence-electron chi connectivity index (χ1n) is 22.9. The molecule has 1 nitrogen and oxygen atoms in total. The number of hydrogen-bond acceptors (Lipinski definition) is 1. The third-order valence-corrected chi connectivity index (χ3v) is 11.5. The quantitative estimate of drug-likeness (QED) is 0.165. The van der Waals surface area contributed by atoms with Crippen molar-refractivity contribution >= 4 is 25.3 Å². The molecule has 62 heavy (non-hydrogen) atoms. The third-order valence-electron chi connectivity index (χ3n) is 11.5. The Labute approximate surface area is 392 Å². The SMILES string of the molecule is CC(C)(C)c1ccc(O)c(C(C)(C)C)c1.CCCc1cc2c(-c3ccc(C(C)(C)C)cc3)cccc2[cH-]1.CCCc1cc2c(-c3ccc(C(C)(C)C)cc3)cccc2[cH-]1.C[CH]=[Zr+2]. The van der Waals surface area contributed by atoms with E-state index in [9.17, 15) is 5.11 Å². The van der Waals surface area contributed by atoms with E-state index in [1.54, 1.807) is 6.07 Å². The van der Waals surface area contributed by atoms with E-state index in [0.29, 0.717) is 5.75 Å². The summed E-state index contributed by atoms with van der Waals surface area (Å²) >= 11 is 1.51. The van der Waals surface area contributed by atoms with E-state index in [0.717, 1.165) is 18.4 Å². The van der Waals surface area contributed by atoms with Gasteiger partial charge in [-0.1, -0.05) is 194 Å². The zero-order valence-corrected chi connectivity index (χ0v) is 43.4. The van der Waals surface area contributed by atoms with Gasteiger partial charge in [-0.15, -0.1) is 69.1 Å². The van der Waals surface area contributed by atoms with Crippen LogP contribution in [-0.2, 0) is 58.7 Å². The summed E-state index contributed by atoms with van der Waals surface area (Å²) in [6.07, 6.45) is 4.73. The summed E-state index contributed by atoms with van der Waals surface area (Å²) in [7, 11) is 0. The van der Waals surface area contributed by atoms with Crippen molar-refractivity contribution in [3.63, 3.8) is 0 Å². The molecule has 0 saturated heterocycles. The molecule has 1 N–H and O–H groups in total. The second-order valence-corrected chi connectivity index (χ2v) is 22.4. The molecule has 7 aromatic rings. The molecule has 0 atom stereocenters. The number of fused-ring (bicyclic) bond motifs is 2. The van der Waals surface area contributed by atoms with Crippen molar-refractivity contribution in [2.24, 2.45) is 0 Å². The summed E-state index contributed by atoms with van der Waals surface area (Å²) in [5, 5.41) is 15.3. The first-order valence-corrected chi connectivity index (χ1v) is 24.3. The number of phenolic OH excluding ortho intramolecular Hbond substituents is 1. The monoisotopic (exact) mass is 902 g/mol. The van der Waals surface area contributed by atoms with Crippen molar-refractivity contribution in [1.82, 2.24) is 0 Å². The van der Waals surface area contributed by atoms with Gasteiger partial charge in [-0.3, -0.25) is 0 Å². The van der Waals surface area contributed by atoms with Gasteiger partial charge in [-0.05, 0) is 73.9 Å². The predicted molar refractivity (Wildman–Crippen MR) is 273 cm³/mol. The van der Waals surface area contributed by atoms with E-state index < -0.39 is 0 Å². The van der Waals surface area contributed by atoms with Gasteiger partial charge in [0.15, 0.2) is 0 Å². The van der Waals surface area contributed by atoms with Crippen molar-refractivity contribution in [3.8, 4) is 28.0 Å². The van der Waals surface area contributed by atoms with E-state index in [1.807, 2.05) is 13.0 Å². The molecule has 0 aliphatic rings. The van der Waals surface area contributed by atoms with Crippen LogP contribution in [-0.4, -0.2) is 8.82 Å². The minimum atomic E-state index is -0.00859. The normalized spacial score (nSPS) is 11.9. The number of phenols is 1. The summed E-state index contributed by atoms with van der Waals surface area (Å²) < 4.78 is 2.09. The molecule has 0 radical (unpaired) electrons. The van der Waals surface area contributed by atoms with Gasteiger partial charge in [0.25, 0.3) is 0 Å². The third kappa shape index (κ3) is 13.7. The number of aryl methyl sites for hydroxylation is 2. The second-order valence-electron chi connectivity index (χ2n) is 21.0. The standard InChI is InChI=1S/2C22H25.C14H22O.C2H4.Zr/c2*1-5-7-16-14-18-8-6-9-20(21(18)15-16)17-10-12-19(13-11-17)22(2,3)4;1-13(2,3)10-7-8-12(15)11(9-10)14(4,5)6;1-2;/h2*6,8-15H,5,7H2,1-4H3;7-9,15H,1-6H3;1H,2H3;/q2*-1;;;+2. The van der Waals surface area contributed by atoms with Crippen LogP contribution in [0.2, 0.25) is 0 Å². The van der Waals surface area contributed by atoms with Crippen LogP contribution in [0.4, 0.5) is 0 Å². The van der Waals surface area contributed by atoms with E-state index in [-0.39, 0.29) is 21.7 Å². The second kappa shape index (κ2) is 21.5. The Hall–Kier alpha value is -4.13.